The van der Waals surface area contributed by atoms with Gasteiger partial charge in [0.2, 0.25) is 0 Å². The molecule has 3 aromatic rings. The summed E-state index contributed by atoms with van der Waals surface area (Å²) in [7, 11) is 0. The molecule has 6 nitrogen and oxygen atoms in total. The minimum absolute atomic E-state index is 0.0744. The van der Waals surface area contributed by atoms with E-state index in [0.29, 0.717) is 23.5 Å². The van der Waals surface area contributed by atoms with Crippen molar-refractivity contribution in [3.8, 4) is 5.75 Å². The van der Waals surface area contributed by atoms with Crippen LogP contribution in [0.4, 0.5) is 16.2 Å². The van der Waals surface area contributed by atoms with Gasteiger partial charge in [0, 0.05) is 23.4 Å². The van der Waals surface area contributed by atoms with Crippen LogP contribution in [-0.4, -0.2) is 24.6 Å². The fourth-order valence-corrected chi connectivity index (χ4v) is 3.22. The lowest BCUT2D eigenvalue weighted by molar-refractivity contribution is 0.102. The molecule has 0 unspecified atom stereocenters. The summed E-state index contributed by atoms with van der Waals surface area (Å²) in [5.74, 6) is 0.673. The zero-order chi connectivity index (χ0) is 20.1. The normalized spacial score (nSPS) is 14.4. The summed E-state index contributed by atoms with van der Waals surface area (Å²) in [6.45, 7) is 0.408. The molecule has 1 aliphatic rings. The summed E-state index contributed by atoms with van der Waals surface area (Å²) in [5.41, 5.74) is 2.91. The highest BCUT2D eigenvalue weighted by molar-refractivity contribution is 6.04. The number of nitrogens with one attached hydrogen (secondary N) is 3. The van der Waals surface area contributed by atoms with E-state index in [-0.39, 0.29) is 18.0 Å². The Bertz CT molecular complexity index is 996. The number of hydrogen-bond donors (Lipinski definition) is 3. The van der Waals surface area contributed by atoms with E-state index in [1.807, 2.05) is 42.5 Å². The van der Waals surface area contributed by atoms with Crippen LogP contribution >= 0.6 is 0 Å². The molecule has 0 aliphatic carbocycles. The summed E-state index contributed by atoms with van der Waals surface area (Å²) < 4.78 is 5.82. The van der Waals surface area contributed by atoms with Gasteiger partial charge >= 0.3 is 6.03 Å². The highest BCUT2D eigenvalue weighted by atomic mass is 16.5. The molecule has 0 radical (unpaired) electrons. The molecule has 1 atom stereocenters. The number of fused-ring (bicyclic) bond motifs is 1. The van der Waals surface area contributed by atoms with E-state index < -0.39 is 0 Å². The van der Waals surface area contributed by atoms with Gasteiger partial charge < -0.3 is 20.7 Å². The van der Waals surface area contributed by atoms with Crippen molar-refractivity contribution in [2.24, 2.45) is 0 Å². The molecule has 0 aromatic heterocycles. The maximum Gasteiger partial charge on any atom is 0.319 e. The Labute approximate surface area is 168 Å². The summed E-state index contributed by atoms with van der Waals surface area (Å²) in [6.07, 6.45) is 0.701. The van der Waals surface area contributed by atoms with Crippen LogP contribution < -0.4 is 20.7 Å². The molecule has 146 valence electrons. The number of para-hydroxylation sites is 1. The predicted molar refractivity (Wildman–Crippen MR) is 112 cm³/mol. The molecule has 4 rings (SSSR count). The molecule has 3 N–H and O–H groups in total. The number of carbonyl (C=O) groups excluding carboxylic acids is 2. The molecule has 3 amide bonds. The van der Waals surface area contributed by atoms with E-state index in [1.54, 1.807) is 36.4 Å². The lowest BCUT2D eigenvalue weighted by atomic mass is 10.1. The summed E-state index contributed by atoms with van der Waals surface area (Å²) in [6, 6.07) is 23.5. The van der Waals surface area contributed by atoms with E-state index in [9.17, 15) is 9.59 Å². The first kappa shape index (κ1) is 18.6. The van der Waals surface area contributed by atoms with Crippen LogP contribution in [0.25, 0.3) is 0 Å². The lowest BCUT2D eigenvalue weighted by Crippen LogP contribution is -2.37. The maximum absolute atomic E-state index is 12.3. The SMILES string of the molecule is O=C(NC[C@@H]1Cc2ccccc2O1)Nc1cccc(NC(=O)c2ccccc2)c1. The standard InChI is InChI=1S/C23H21N3O3/c27-22(16-7-2-1-3-8-16)25-18-10-6-11-19(14-18)26-23(28)24-15-20-13-17-9-4-5-12-21(17)29-20/h1-12,14,20H,13,15H2,(H,25,27)(H2,24,26,28)/t20-/m0/s1. The maximum atomic E-state index is 12.3. The Morgan fingerprint density at radius 3 is 2.38 bits per heavy atom. The van der Waals surface area contributed by atoms with Crippen LogP contribution in [0.2, 0.25) is 0 Å². The van der Waals surface area contributed by atoms with Crippen LogP contribution in [-0.2, 0) is 6.42 Å². The first-order valence-electron chi connectivity index (χ1n) is 9.43. The Kier molecular flexibility index (Phi) is 5.42. The Morgan fingerprint density at radius 2 is 1.59 bits per heavy atom. The van der Waals surface area contributed by atoms with Crippen LogP contribution in [0.3, 0.4) is 0 Å². The van der Waals surface area contributed by atoms with Gasteiger partial charge in [-0.25, -0.2) is 4.79 Å². The number of anilines is 2. The number of carbonyl (C=O) groups is 2. The van der Waals surface area contributed by atoms with Crippen molar-refractivity contribution < 1.29 is 14.3 Å². The van der Waals surface area contributed by atoms with Gasteiger partial charge in [-0.2, -0.15) is 0 Å². The fraction of sp³-hybridized carbons (Fsp3) is 0.130. The number of rotatable bonds is 5. The summed E-state index contributed by atoms with van der Waals surface area (Å²) >= 11 is 0. The van der Waals surface area contributed by atoms with Gasteiger partial charge in [-0.3, -0.25) is 4.79 Å². The molecule has 0 spiro atoms. The van der Waals surface area contributed by atoms with Gasteiger partial charge in [-0.1, -0.05) is 42.5 Å². The molecule has 0 bridgehead atoms. The van der Waals surface area contributed by atoms with Crippen molar-refractivity contribution in [3.05, 3.63) is 90.0 Å². The lowest BCUT2D eigenvalue weighted by Gasteiger charge is -2.13. The van der Waals surface area contributed by atoms with Crippen molar-refractivity contribution in [1.82, 2.24) is 5.32 Å². The zero-order valence-corrected chi connectivity index (χ0v) is 15.7. The summed E-state index contributed by atoms with van der Waals surface area (Å²) in [4.78, 5) is 24.5. The largest absolute Gasteiger partial charge is 0.488 e. The quantitative estimate of drug-likeness (QED) is 0.618. The molecule has 29 heavy (non-hydrogen) atoms. The third-order valence-electron chi connectivity index (χ3n) is 4.62. The monoisotopic (exact) mass is 387 g/mol. The average molecular weight is 387 g/mol. The Hall–Kier alpha value is -3.80. The molecule has 0 fully saturated rings. The number of benzene rings is 3. The van der Waals surface area contributed by atoms with Crippen LogP contribution in [0, 0.1) is 0 Å². The van der Waals surface area contributed by atoms with Gasteiger partial charge in [-0.15, -0.1) is 0 Å². The van der Waals surface area contributed by atoms with Crippen molar-refractivity contribution in [2.75, 3.05) is 17.2 Å². The van der Waals surface area contributed by atoms with Gasteiger partial charge in [0.1, 0.15) is 11.9 Å². The number of hydrogen-bond acceptors (Lipinski definition) is 3. The third kappa shape index (κ3) is 4.73. The Balaban J connectivity index is 1.29. The van der Waals surface area contributed by atoms with Crippen LogP contribution in [0.5, 0.6) is 5.75 Å². The van der Waals surface area contributed by atoms with Gasteiger partial charge in [0.25, 0.3) is 5.91 Å². The molecule has 1 aliphatic heterocycles. The second kappa shape index (κ2) is 8.48. The number of ether oxygens (including phenoxy) is 1. The minimum atomic E-state index is -0.323. The second-order valence-corrected chi connectivity index (χ2v) is 6.79. The summed E-state index contributed by atoms with van der Waals surface area (Å²) in [5, 5.41) is 8.44. The first-order chi connectivity index (χ1) is 14.2. The van der Waals surface area contributed by atoms with Gasteiger partial charge in [0.05, 0.1) is 6.54 Å². The number of urea groups is 1. The molecule has 0 saturated carbocycles. The smallest absolute Gasteiger partial charge is 0.319 e. The topological polar surface area (TPSA) is 79.5 Å². The highest BCUT2D eigenvalue weighted by Crippen LogP contribution is 2.27. The number of amides is 3. The Morgan fingerprint density at radius 1 is 0.862 bits per heavy atom. The average Bonchev–Trinajstić information content (AvgIpc) is 3.16. The van der Waals surface area contributed by atoms with Gasteiger partial charge in [-0.05, 0) is 42.0 Å². The highest BCUT2D eigenvalue weighted by Gasteiger charge is 2.22. The van der Waals surface area contributed by atoms with E-state index in [4.69, 9.17) is 4.74 Å². The van der Waals surface area contributed by atoms with E-state index in [0.717, 1.165) is 17.7 Å². The fourth-order valence-electron chi connectivity index (χ4n) is 3.22. The molecule has 6 heteroatoms. The van der Waals surface area contributed by atoms with E-state index in [2.05, 4.69) is 16.0 Å². The zero-order valence-electron chi connectivity index (χ0n) is 15.7. The second-order valence-electron chi connectivity index (χ2n) is 6.79. The van der Waals surface area contributed by atoms with E-state index >= 15 is 0 Å². The minimum Gasteiger partial charge on any atom is -0.488 e. The van der Waals surface area contributed by atoms with E-state index in [1.165, 1.54) is 0 Å². The van der Waals surface area contributed by atoms with Gasteiger partial charge in [0.15, 0.2) is 0 Å². The third-order valence-corrected chi connectivity index (χ3v) is 4.62. The molecule has 3 aromatic carbocycles. The molecule has 0 saturated heterocycles. The molecule has 1 heterocycles. The molecular weight excluding hydrogens is 366 g/mol. The first-order valence-corrected chi connectivity index (χ1v) is 9.43. The molecular formula is C23H21N3O3. The van der Waals surface area contributed by atoms with Crippen molar-refractivity contribution in [2.45, 2.75) is 12.5 Å². The van der Waals surface area contributed by atoms with Crippen LogP contribution in [0.1, 0.15) is 15.9 Å². The van der Waals surface area contributed by atoms with Crippen molar-refractivity contribution in [3.63, 3.8) is 0 Å². The van der Waals surface area contributed by atoms with Crippen LogP contribution in [0.15, 0.2) is 78.9 Å². The van der Waals surface area contributed by atoms with Crippen molar-refractivity contribution >= 4 is 23.3 Å². The predicted octanol–water partition coefficient (Wildman–Crippen LogP) is 4.06. The van der Waals surface area contributed by atoms with Crippen molar-refractivity contribution in [1.29, 1.82) is 0 Å².